The number of hydrogen-bond donors (Lipinski definition) is 2. The van der Waals surface area contributed by atoms with E-state index in [1.54, 1.807) is 0 Å². The summed E-state index contributed by atoms with van der Waals surface area (Å²) in [5, 5.41) is 2.57. The van der Waals surface area contributed by atoms with E-state index in [1.807, 2.05) is 0 Å². The zero-order valence-electron chi connectivity index (χ0n) is 10.2. The minimum absolute atomic E-state index is 0.0181. The topological polar surface area (TPSA) is 55.1 Å². The molecule has 1 amide bonds. The summed E-state index contributed by atoms with van der Waals surface area (Å²) in [7, 11) is 0. The first-order valence-electron chi connectivity index (χ1n) is 5.57. The molecule has 1 atom stereocenters. The van der Waals surface area contributed by atoms with Gasteiger partial charge in [0, 0.05) is 23.7 Å². The molecule has 0 aliphatic heterocycles. The van der Waals surface area contributed by atoms with E-state index in [0.717, 1.165) is 6.07 Å². The fourth-order valence-corrected chi connectivity index (χ4v) is 1.55. The zero-order valence-corrected chi connectivity index (χ0v) is 10.2. The molecule has 0 radical (unpaired) electrons. The van der Waals surface area contributed by atoms with Gasteiger partial charge in [0.05, 0.1) is 6.42 Å². The first-order valence-corrected chi connectivity index (χ1v) is 5.57. The lowest BCUT2D eigenvalue weighted by atomic mass is 10.1. The van der Waals surface area contributed by atoms with Gasteiger partial charge in [0.2, 0.25) is 5.91 Å². The Hall–Kier alpha value is -1.63. The monoisotopic (exact) mass is 278 g/mol. The Morgan fingerprint density at radius 1 is 1.42 bits per heavy atom. The fraction of sp³-hybridized carbons (Fsp3) is 0.417. The molecule has 0 aromatic heterocycles. The predicted octanol–water partition coefficient (Wildman–Crippen LogP) is 2.36. The Morgan fingerprint density at radius 2 is 2.05 bits per heavy atom. The minimum atomic E-state index is -4.26. The van der Waals surface area contributed by atoms with E-state index in [2.05, 4.69) is 5.32 Å². The highest BCUT2D eigenvalue weighted by Gasteiger charge is 2.29. The average molecular weight is 278 g/mol. The van der Waals surface area contributed by atoms with Crippen molar-refractivity contribution < 1.29 is 22.4 Å². The molecule has 0 spiro atoms. The summed E-state index contributed by atoms with van der Waals surface area (Å²) in [5.41, 5.74) is 5.18. The van der Waals surface area contributed by atoms with Crippen LogP contribution in [0.2, 0.25) is 0 Å². The van der Waals surface area contributed by atoms with Crippen LogP contribution in [0.1, 0.15) is 29.3 Å². The highest BCUT2D eigenvalue weighted by atomic mass is 19.4. The molecule has 7 heteroatoms. The molecule has 0 heterocycles. The zero-order chi connectivity index (χ0) is 14.6. The van der Waals surface area contributed by atoms with E-state index in [1.165, 1.54) is 19.1 Å². The molecule has 0 saturated carbocycles. The molecule has 0 bridgehead atoms. The number of halogens is 4. The second-order valence-electron chi connectivity index (χ2n) is 4.27. The molecule has 1 aromatic rings. The molecule has 106 valence electrons. The van der Waals surface area contributed by atoms with Crippen LogP contribution in [0.5, 0.6) is 0 Å². The average Bonchev–Trinajstić information content (AvgIpc) is 2.24. The summed E-state index contributed by atoms with van der Waals surface area (Å²) in [4.78, 5) is 10.8. The van der Waals surface area contributed by atoms with Gasteiger partial charge in [-0.2, -0.15) is 13.2 Å². The summed E-state index contributed by atoms with van der Waals surface area (Å²) in [6, 6.07) is 2.79. The summed E-state index contributed by atoms with van der Waals surface area (Å²) >= 11 is 0. The molecule has 3 N–H and O–H groups in total. The van der Waals surface area contributed by atoms with Gasteiger partial charge in [-0.1, -0.05) is 6.07 Å². The van der Waals surface area contributed by atoms with Crippen molar-refractivity contribution in [2.24, 2.45) is 5.73 Å². The summed E-state index contributed by atoms with van der Waals surface area (Å²) < 4.78 is 49.8. The number of hydrogen-bond acceptors (Lipinski definition) is 2. The Bertz CT molecular complexity index is 460. The van der Waals surface area contributed by atoms with E-state index in [4.69, 9.17) is 5.73 Å². The van der Waals surface area contributed by atoms with Crippen LogP contribution in [0.15, 0.2) is 18.2 Å². The van der Waals surface area contributed by atoms with Crippen molar-refractivity contribution in [2.45, 2.75) is 32.1 Å². The third-order valence-corrected chi connectivity index (χ3v) is 2.52. The van der Waals surface area contributed by atoms with Gasteiger partial charge in [0.1, 0.15) is 5.82 Å². The minimum Gasteiger partial charge on any atom is -0.366 e. The highest BCUT2D eigenvalue weighted by molar-refractivity contribution is 5.92. The largest absolute Gasteiger partial charge is 0.390 e. The first-order chi connectivity index (χ1) is 8.69. The standard InChI is InChI=1S/C12H14F4N2O/c1-7(5-12(14,15)16)18-6-9-3-2-8(11(17)19)4-10(9)13/h2-4,7,18H,5-6H2,1H3,(H2,17,19). The van der Waals surface area contributed by atoms with Crippen molar-refractivity contribution in [3.63, 3.8) is 0 Å². The maximum absolute atomic E-state index is 13.5. The fourth-order valence-electron chi connectivity index (χ4n) is 1.55. The van der Waals surface area contributed by atoms with Crippen molar-refractivity contribution >= 4 is 5.91 Å². The van der Waals surface area contributed by atoms with Gasteiger partial charge < -0.3 is 11.1 Å². The number of rotatable bonds is 5. The van der Waals surface area contributed by atoms with Crippen molar-refractivity contribution in [1.82, 2.24) is 5.32 Å². The maximum Gasteiger partial charge on any atom is 0.390 e. The number of nitrogens with one attached hydrogen (secondary N) is 1. The maximum atomic E-state index is 13.5. The Balaban J connectivity index is 2.61. The molecule has 1 aromatic carbocycles. The van der Waals surface area contributed by atoms with Crippen molar-refractivity contribution in [3.05, 3.63) is 35.1 Å². The lowest BCUT2D eigenvalue weighted by molar-refractivity contribution is -0.139. The van der Waals surface area contributed by atoms with Gasteiger partial charge in [-0.05, 0) is 19.1 Å². The lowest BCUT2D eigenvalue weighted by Crippen LogP contribution is -2.31. The van der Waals surface area contributed by atoms with Crippen LogP contribution in [0, 0.1) is 5.82 Å². The molecule has 0 saturated heterocycles. The molecule has 0 fully saturated rings. The van der Waals surface area contributed by atoms with Gasteiger partial charge in [-0.3, -0.25) is 4.79 Å². The van der Waals surface area contributed by atoms with Crippen LogP contribution in [-0.4, -0.2) is 18.1 Å². The molecule has 1 rings (SSSR count). The number of amides is 1. The number of carbonyl (C=O) groups excluding carboxylic acids is 1. The SMILES string of the molecule is CC(CC(F)(F)F)NCc1ccc(C(N)=O)cc1F. The van der Waals surface area contributed by atoms with E-state index in [-0.39, 0.29) is 17.7 Å². The van der Waals surface area contributed by atoms with Gasteiger partial charge in [0.15, 0.2) is 0 Å². The third-order valence-electron chi connectivity index (χ3n) is 2.52. The molecular weight excluding hydrogens is 264 g/mol. The van der Waals surface area contributed by atoms with Gasteiger partial charge in [0.25, 0.3) is 0 Å². The quantitative estimate of drug-likeness (QED) is 0.812. The van der Waals surface area contributed by atoms with Crippen LogP contribution in [0.3, 0.4) is 0 Å². The van der Waals surface area contributed by atoms with E-state index in [0.29, 0.717) is 0 Å². The number of benzene rings is 1. The van der Waals surface area contributed by atoms with Crippen molar-refractivity contribution in [1.29, 1.82) is 0 Å². The lowest BCUT2D eigenvalue weighted by Gasteiger charge is -2.16. The smallest absolute Gasteiger partial charge is 0.366 e. The second kappa shape index (κ2) is 6.01. The van der Waals surface area contributed by atoms with Gasteiger partial charge in [-0.15, -0.1) is 0 Å². The number of nitrogens with two attached hydrogens (primary N) is 1. The highest BCUT2D eigenvalue weighted by Crippen LogP contribution is 2.21. The Labute approximate surface area is 107 Å². The number of alkyl halides is 3. The first kappa shape index (κ1) is 15.4. The van der Waals surface area contributed by atoms with E-state index >= 15 is 0 Å². The predicted molar refractivity (Wildman–Crippen MR) is 61.9 cm³/mol. The van der Waals surface area contributed by atoms with Gasteiger partial charge >= 0.3 is 6.18 Å². The molecule has 0 aliphatic rings. The number of primary amides is 1. The van der Waals surface area contributed by atoms with Crippen LogP contribution in [0.25, 0.3) is 0 Å². The van der Waals surface area contributed by atoms with Crippen molar-refractivity contribution in [3.8, 4) is 0 Å². The van der Waals surface area contributed by atoms with Crippen LogP contribution in [-0.2, 0) is 6.54 Å². The number of carbonyl (C=O) groups is 1. The third kappa shape index (κ3) is 5.25. The molecule has 1 unspecified atom stereocenters. The van der Waals surface area contributed by atoms with Crippen LogP contribution >= 0.6 is 0 Å². The van der Waals surface area contributed by atoms with E-state index < -0.39 is 30.4 Å². The normalized spacial score (nSPS) is 13.3. The van der Waals surface area contributed by atoms with Gasteiger partial charge in [-0.25, -0.2) is 4.39 Å². The molecule has 19 heavy (non-hydrogen) atoms. The Kier molecular flexibility index (Phi) is 4.88. The molecular formula is C12H14F4N2O. The molecule has 3 nitrogen and oxygen atoms in total. The summed E-state index contributed by atoms with van der Waals surface area (Å²) in [6.07, 6.45) is -5.26. The van der Waals surface area contributed by atoms with Crippen molar-refractivity contribution in [2.75, 3.05) is 0 Å². The van der Waals surface area contributed by atoms with Crippen LogP contribution in [0.4, 0.5) is 17.6 Å². The molecule has 0 aliphatic carbocycles. The summed E-state index contributed by atoms with van der Waals surface area (Å²) in [6.45, 7) is 1.31. The second-order valence-corrected chi connectivity index (χ2v) is 4.27. The van der Waals surface area contributed by atoms with Crippen LogP contribution < -0.4 is 11.1 Å². The Morgan fingerprint density at radius 3 is 2.53 bits per heavy atom. The summed E-state index contributed by atoms with van der Waals surface area (Å²) in [5.74, 6) is -1.44. The van der Waals surface area contributed by atoms with E-state index in [9.17, 15) is 22.4 Å².